The molecule has 2 aromatic rings. The minimum atomic E-state index is -0.509. The number of nitrogens with zero attached hydrogens (tertiary/aromatic N) is 2. The number of benzene rings is 1. The number of halogens is 2. The first-order valence-electron chi connectivity index (χ1n) is 6.49. The van der Waals surface area contributed by atoms with Gasteiger partial charge in [-0.05, 0) is 18.2 Å². The van der Waals surface area contributed by atoms with Crippen molar-refractivity contribution in [2.75, 3.05) is 11.1 Å². The number of nitrogens with one attached hydrogen (secondary N) is 1. The molecule has 0 radical (unpaired) electrons. The summed E-state index contributed by atoms with van der Waals surface area (Å²) in [5.41, 5.74) is -0.0626. The Balaban J connectivity index is 1.77. The fraction of sp³-hybridized carbons (Fsp3) is 0.214. The van der Waals surface area contributed by atoms with Crippen LogP contribution in [0.5, 0.6) is 0 Å². The third-order valence-corrected chi connectivity index (χ3v) is 4.92. The largest absolute Gasteiger partial charge is 0.323 e. The molecule has 5 nitrogen and oxygen atoms in total. The molecular formula is C14H11BrFN3O2S. The third-order valence-electron chi connectivity index (χ3n) is 3.28. The summed E-state index contributed by atoms with van der Waals surface area (Å²) in [6.07, 6.45) is 1.46. The second kappa shape index (κ2) is 6.21. The maximum absolute atomic E-state index is 13.8. The fourth-order valence-corrected chi connectivity index (χ4v) is 3.53. The van der Waals surface area contributed by atoms with Crippen LogP contribution in [0.1, 0.15) is 0 Å². The first kappa shape index (κ1) is 15.2. The molecule has 0 spiro atoms. The predicted octanol–water partition coefficient (Wildman–Crippen LogP) is 2.51. The molecule has 2 heterocycles. The van der Waals surface area contributed by atoms with Gasteiger partial charge in [0, 0.05) is 29.0 Å². The van der Waals surface area contributed by atoms with Crippen molar-refractivity contribution in [3.63, 3.8) is 0 Å². The molecule has 0 unspecified atom stereocenters. The van der Waals surface area contributed by atoms with E-state index >= 15 is 0 Å². The van der Waals surface area contributed by atoms with E-state index in [1.165, 1.54) is 40.7 Å². The molecule has 1 aliphatic heterocycles. The van der Waals surface area contributed by atoms with Crippen LogP contribution in [0.3, 0.4) is 0 Å². The Bertz CT molecular complexity index is 796. The molecule has 1 atom stereocenters. The van der Waals surface area contributed by atoms with Crippen molar-refractivity contribution in [2.45, 2.75) is 11.7 Å². The lowest BCUT2D eigenvalue weighted by atomic mass is 10.1. The van der Waals surface area contributed by atoms with Gasteiger partial charge in [-0.1, -0.05) is 27.7 Å². The normalized spacial score (nSPS) is 16.9. The van der Waals surface area contributed by atoms with Crippen molar-refractivity contribution >= 4 is 39.3 Å². The number of rotatable bonds is 2. The number of hydrogen-bond donors (Lipinski definition) is 1. The smallest absolute Gasteiger partial charge is 0.254 e. The molecule has 22 heavy (non-hydrogen) atoms. The summed E-state index contributed by atoms with van der Waals surface area (Å²) in [5, 5.41) is 3.18. The maximum atomic E-state index is 13.8. The summed E-state index contributed by atoms with van der Waals surface area (Å²) in [4.78, 5) is 28.2. The molecule has 1 aromatic heterocycles. The molecule has 0 fully saturated rings. The Labute approximate surface area is 138 Å². The molecule has 0 saturated heterocycles. The Morgan fingerprint density at radius 3 is 3.05 bits per heavy atom. The molecule has 0 bridgehead atoms. The van der Waals surface area contributed by atoms with Gasteiger partial charge in [-0.3, -0.25) is 14.2 Å². The summed E-state index contributed by atoms with van der Waals surface area (Å²) < 4.78 is 15.8. The number of thioether (sulfide) groups is 1. The second-order valence-electron chi connectivity index (χ2n) is 4.80. The van der Waals surface area contributed by atoms with Crippen molar-refractivity contribution in [3.05, 3.63) is 51.1 Å². The van der Waals surface area contributed by atoms with Crippen LogP contribution in [0, 0.1) is 11.7 Å². The highest BCUT2D eigenvalue weighted by Gasteiger charge is 2.26. The Hall–Kier alpha value is -1.67. The van der Waals surface area contributed by atoms with Gasteiger partial charge < -0.3 is 5.32 Å². The van der Waals surface area contributed by atoms with Crippen LogP contribution in [-0.2, 0) is 11.3 Å². The van der Waals surface area contributed by atoms with Crippen molar-refractivity contribution < 1.29 is 9.18 Å². The highest BCUT2D eigenvalue weighted by atomic mass is 79.9. The highest BCUT2D eigenvalue weighted by Crippen LogP contribution is 2.26. The van der Waals surface area contributed by atoms with Crippen molar-refractivity contribution in [1.82, 2.24) is 9.55 Å². The molecular weight excluding hydrogens is 373 g/mol. The second-order valence-corrected chi connectivity index (χ2v) is 6.70. The van der Waals surface area contributed by atoms with E-state index in [1.807, 2.05) is 0 Å². The lowest BCUT2D eigenvalue weighted by Crippen LogP contribution is -2.36. The van der Waals surface area contributed by atoms with Gasteiger partial charge >= 0.3 is 0 Å². The Morgan fingerprint density at radius 1 is 1.45 bits per heavy atom. The van der Waals surface area contributed by atoms with Gasteiger partial charge in [-0.2, -0.15) is 0 Å². The average molecular weight is 384 g/mol. The van der Waals surface area contributed by atoms with Crippen LogP contribution >= 0.6 is 27.7 Å². The van der Waals surface area contributed by atoms with E-state index in [2.05, 4.69) is 26.2 Å². The Morgan fingerprint density at radius 2 is 2.27 bits per heavy atom. The summed E-state index contributed by atoms with van der Waals surface area (Å²) in [6.45, 7) is 0.249. The lowest BCUT2D eigenvalue weighted by molar-refractivity contribution is -0.119. The molecule has 1 amide bonds. The first-order valence-corrected chi connectivity index (χ1v) is 8.27. The van der Waals surface area contributed by atoms with Crippen molar-refractivity contribution in [2.24, 2.45) is 5.92 Å². The van der Waals surface area contributed by atoms with E-state index in [4.69, 9.17) is 0 Å². The zero-order valence-electron chi connectivity index (χ0n) is 11.3. The zero-order chi connectivity index (χ0) is 15.7. The van der Waals surface area contributed by atoms with Gasteiger partial charge in [0.2, 0.25) is 5.91 Å². The topological polar surface area (TPSA) is 64.0 Å². The van der Waals surface area contributed by atoms with Gasteiger partial charge in [0.15, 0.2) is 5.16 Å². The fourth-order valence-electron chi connectivity index (χ4n) is 2.13. The molecule has 3 rings (SSSR count). The zero-order valence-corrected chi connectivity index (χ0v) is 13.7. The van der Waals surface area contributed by atoms with E-state index < -0.39 is 11.7 Å². The van der Waals surface area contributed by atoms with E-state index in [-0.39, 0.29) is 23.7 Å². The molecule has 1 aromatic carbocycles. The SMILES string of the molecule is O=C(Nc1ccc(Br)cc1F)[C@H]1CSc2nccc(=O)n2C1. The van der Waals surface area contributed by atoms with Crippen LogP contribution in [0.4, 0.5) is 10.1 Å². The summed E-state index contributed by atoms with van der Waals surface area (Å²) in [7, 11) is 0. The summed E-state index contributed by atoms with van der Waals surface area (Å²) in [5.74, 6) is -0.733. The van der Waals surface area contributed by atoms with E-state index in [1.54, 1.807) is 6.07 Å². The van der Waals surface area contributed by atoms with E-state index in [9.17, 15) is 14.0 Å². The molecule has 0 saturated carbocycles. The minimum absolute atomic E-state index is 0.127. The standard InChI is InChI=1S/C14H11BrFN3O2S/c15-9-1-2-11(10(16)5-9)18-13(21)8-6-19-12(20)3-4-17-14(19)22-7-8/h1-5,8H,6-7H2,(H,18,21)/t8-/m1/s1. The van der Waals surface area contributed by atoms with Gasteiger partial charge in [0.05, 0.1) is 11.6 Å². The molecule has 1 aliphatic rings. The summed E-state index contributed by atoms with van der Waals surface area (Å²) >= 11 is 4.51. The predicted molar refractivity (Wildman–Crippen MR) is 85.4 cm³/mol. The lowest BCUT2D eigenvalue weighted by Gasteiger charge is -2.23. The van der Waals surface area contributed by atoms with Gasteiger partial charge in [0.25, 0.3) is 5.56 Å². The monoisotopic (exact) mass is 383 g/mol. The van der Waals surface area contributed by atoms with Gasteiger partial charge in [0.1, 0.15) is 5.82 Å². The number of anilines is 1. The number of aromatic nitrogens is 2. The summed E-state index contributed by atoms with van der Waals surface area (Å²) in [6, 6.07) is 5.79. The van der Waals surface area contributed by atoms with Crippen LogP contribution in [0.2, 0.25) is 0 Å². The van der Waals surface area contributed by atoms with E-state index in [0.29, 0.717) is 15.4 Å². The first-order chi connectivity index (χ1) is 10.5. The van der Waals surface area contributed by atoms with Crippen LogP contribution in [0.25, 0.3) is 0 Å². The quantitative estimate of drug-likeness (QED) is 0.809. The molecule has 8 heteroatoms. The van der Waals surface area contributed by atoms with Crippen molar-refractivity contribution in [1.29, 1.82) is 0 Å². The van der Waals surface area contributed by atoms with Gasteiger partial charge in [-0.25, -0.2) is 9.37 Å². The highest BCUT2D eigenvalue weighted by molar-refractivity contribution is 9.10. The third kappa shape index (κ3) is 3.07. The van der Waals surface area contributed by atoms with E-state index in [0.717, 1.165) is 0 Å². The van der Waals surface area contributed by atoms with Crippen LogP contribution < -0.4 is 10.9 Å². The number of fused-ring (bicyclic) bond motifs is 1. The van der Waals surface area contributed by atoms with Crippen molar-refractivity contribution in [3.8, 4) is 0 Å². The molecule has 114 valence electrons. The number of amides is 1. The average Bonchev–Trinajstić information content (AvgIpc) is 2.50. The number of carbonyl (C=O) groups is 1. The number of carbonyl (C=O) groups excluding carboxylic acids is 1. The molecule has 0 aliphatic carbocycles. The van der Waals surface area contributed by atoms with Crippen LogP contribution in [-0.4, -0.2) is 21.2 Å². The maximum Gasteiger partial charge on any atom is 0.254 e. The van der Waals surface area contributed by atoms with Gasteiger partial charge in [-0.15, -0.1) is 0 Å². The Kier molecular flexibility index (Phi) is 4.30. The minimum Gasteiger partial charge on any atom is -0.323 e. The number of hydrogen-bond acceptors (Lipinski definition) is 4. The van der Waals surface area contributed by atoms with Crippen LogP contribution in [0.15, 0.2) is 44.9 Å². The molecule has 1 N–H and O–H groups in total.